The molecule has 3 aliphatic rings. The summed E-state index contributed by atoms with van der Waals surface area (Å²) in [6.45, 7) is 3.89. The minimum absolute atomic E-state index is 0.0666. The number of anilines is 2. The van der Waals surface area contributed by atoms with Gasteiger partial charge in [0.05, 0.1) is 5.69 Å². The summed E-state index contributed by atoms with van der Waals surface area (Å²) in [5, 5.41) is 0. The van der Waals surface area contributed by atoms with Crippen LogP contribution in [0.5, 0.6) is 5.75 Å². The topological polar surface area (TPSA) is 45.0 Å². The first-order valence-electron chi connectivity index (χ1n) is 9.67. The van der Waals surface area contributed by atoms with Crippen molar-refractivity contribution < 1.29 is 13.5 Å². The largest absolute Gasteiger partial charge is 0.433 e. The van der Waals surface area contributed by atoms with Crippen molar-refractivity contribution in [3.63, 3.8) is 0 Å². The van der Waals surface area contributed by atoms with Crippen LogP contribution in [0, 0.1) is 0 Å². The molecule has 0 aromatic heterocycles. The van der Waals surface area contributed by atoms with Crippen molar-refractivity contribution in [1.29, 1.82) is 0 Å². The van der Waals surface area contributed by atoms with Gasteiger partial charge in [0.25, 0.3) is 0 Å². The highest BCUT2D eigenvalue weighted by Crippen LogP contribution is 2.32. The van der Waals surface area contributed by atoms with E-state index in [4.69, 9.17) is 5.73 Å². The first-order chi connectivity index (χ1) is 12.6. The van der Waals surface area contributed by atoms with E-state index in [2.05, 4.69) is 19.4 Å². The smallest absolute Gasteiger partial charge is 0.387 e. The van der Waals surface area contributed by atoms with Crippen LogP contribution in [0.15, 0.2) is 18.2 Å². The first kappa shape index (κ1) is 17.8. The third-order valence-corrected chi connectivity index (χ3v) is 6.18. The zero-order valence-electron chi connectivity index (χ0n) is 15.1. The molecule has 0 saturated carbocycles. The summed E-state index contributed by atoms with van der Waals surface area (Å²) in [5.74, 6) is 0.0666. The number of ether oxygens (including phenoxy) is 1. The van der Waals surface area contributed by atoms with Crippen molar-refractivity contribution in [2.75, 3.05) is 49.9 Å². The normalized spacial score (nSPS) is 25.7. The maximum absolute atomic E-state index is 12.5. The highest BCUT2D eigenvalue weighted by molar-refractivity contribution is 5.62. The molecule has 0 aliphatic carbocycles. The van der Waals surface area contributed by atoms with Crippen molar-refractivity contribution in [2.24, 2.45) is 0 Å². The number of nitrogens with two attached hydrogens (primary N) is 1. The number of piperidine rings is 1. The molecule has 1 aromatic rings. The Morgan fingerprint density at radius 1 is 0.962 bits per heavy atom. The number of nitrogens with zero attached hydrogens (tertiary/aromatic N) is 3. The van der Waals surface area contributed by atoms with Gasteiger partial charge in [-0.2, -0.15) is 8.78 Å². The van der Waals surface area contributed by atoms with Gasteiger partial charge < -0.3 is 15.4 Å². The lowest BCUT2D eigenvalue weighted by molar-refractivity contribution is -0.0493. The highest BCUT2D eigenvalue weighted by Gasteiger charge is 2.34. The van der Waals surface area contributed by atoms with Crippen molar-refractivity contribution in [3.8, 4) is 5.75 Å². The second kappa shape index (κ2) is 7.56. The predicted octanol–water partition coefficient (Wildman–Crippen LogP) is 2.62. The van der Waals surface area contributed by atoms with Crippen molar-refractivity contribution in [1.82, 2.24) is 9.80 Å². The zero-order valence-corrected chi connectivity index (χ0v) is 15.1. The molecule has 0 spiro atoms. The molecule has 3 fully saturated rings. The molecular formula is C19H28F2N4O. The molecule has 3 heterocycles. The summed E-state index contributed by atoms with van der Waals surface area (Å²) in [5.41, 5.74) is 6.90. The molecule has 4 rings (SSSR count). The molecule has 2 N–H and O–H groups in total. The van der Waals surface area contributed by atoms with E-state index < -0.39 is 6.61 Å². The fourth-order valence-electron chi connectivity index (χ4n) is 4.75. The lowest BCUT2D eigenvalue weighted by atomic mass is 10.00. The van der Waals surface area contributed by atoms with Gasteiger partial charge in [-0.15, -0.1) is 0 Å². The average Bonchev–Trinajstić information content (AvgIpc) is 3.11. The van der Waals surface area contributed by atoms with Crippen LogP contribution in [0.25, 0.3) is 0 Å². The van der Waals surface area contributed by atoms with Crippen LogP contribution in [-0.4, -0.2) is 67.8 Å². The van der Waals surface area contributed by atoms with Crippen LogP contribution in [0.4, 0.5) is 20.2 Å². The van der Waals surface area contributed by atoms with Gasteiger partial charge in [-0.25, -0.2) is 0 Å². The molecule has 26 heavy (non-hydrogen) atoms. The average molecular weight is 366 g/mol. The lowest BCUT2D eigenvalue weighted by Crippen LogP contribution is -2.55. The van der Waals surface area contributed by atoms with Crippen LogP contribution in [0.3, 0.4) is 0 Å². The Labute approximate surface area is 153 Å². The Hall–Kier alpha value is -1.60. The molecule has 5 nitrogen and oxygen atoms in total. The SMILES string of the molecule is Nc1ccc(N2CCC(N3CCN4CCC[C@@H]4C3)CC2)cc1OC(F)F. The Bertz CT molecular complexity index is 622. The Balaban J connectivity index is 1.35. The van der Waals surface area contributed by atoms with Gasteiger partial charge >= 0.3 is 6.61 Å². The molecule has 3 saturated heterocycles. The fraction of sp³-hybridized carbons (Fsp3) is 0.684. The van der Waals surface area contributed by atoms with Gasteiger partial charge in [-0.05, 0) is 44.4 Å². The molecular weight excluding hydrogens is 338 g/mol. The molecule has 144 valence electrons. The summed E-state index contributed by atoms with van der Waals surface area (Å²) in [6, 6.07) is 6.58. The number of hydrogen-bond donors (Lipinski definition) is 1. The van der Waals surface area contributed by atoms with Gasteiger partial charge in [0.1, 0.15) is 0 Å². The Kier molecular flexibility index (Phi) is 5.18. The standard InChI is InChI=1S/C19H28F2N4O/c20-19(21)26-18-12-15(3-4-17(18)22)24-8-5-14(6-9-24)25-11-10-23-7-1-2-16(23)13-25/h3-4,12,14,16,19H,1-2,5-11,13,22H2/t16-/m1/s1. The lowest BCUT2D eigenvalue weighted by Gasteiger charge is -2.45. The van der Waals surface area contributed by atoms with Crippen LogP contribution in [0.1, 0.15) is 25.7 Å². The summed E-state index contributed by atoms with van der Waals surface area (Å²) < 4.78 is 29.6. The van der Waals surface area contributed by atoms with E-state index in [1.165, 1.54) is 39.0 Å². The zero-order chi connectivity index (χ0) is 18.1. The number of benzene rings is 1. The third kappa shape index (κ3) is 3.74. The van der Waals surface area contributed by atoms with Crippen molar-refractivity contribution in [3.05, 3.63) is 18.2 Å². The fourth-order valence-corrected chi connectivity index (χ4v) is 4.75. The van der Waals surface area contributed by atoms with Gasteiger partial charge in [0.2, 0.25) is 0 Å². The molecule has 0 radical (unpaired) electrons. The van der Waals surface area contributed by atoms with Crippen LogP contribution < -0.4 is 15.4 Å². The molecule has 1 aromatic carbocycles. The Morgan fingerprint density at radius 2 is 1.73 bits per heavy atom. The maximum atomic E-state index is 12.5. The first-order valence-corrected chi connectivity index (χ1v) is 9.67. The number of nitrogen functional groups attached to an aromatic ring is 1. The quantitative estimate of drug-likeness (QED) is 0.830. The Morgan fingerprint density at radius 3 is 2.50 bits per heavy atom. The molecule has 0 amide bonds. The second-order valence-electron chi connectivity index (χ2n) is 7.65. The number of hydrogen-bond acceptors (Lipinski definition) is 5. The maximum Gasteiger partial charge on any atom is 0.387 e. The van der Waals surface area contributed by atoms with Crippen LogP contribution in [0.2, 0.25) is 0 Å². The third-order valence-electron chi connectivity index (χ3n) is 6.18. The van der Waals surface area contributed by atoms with E-state index in [0.717, 1.165) is 37.7 Å². The predicted molar refractivity (Wildman–Crippen MR) is 98.9 cm³/mol. The monoisotopic (exact) mass is 366 g/mol. The van der Waals surface area contributed by atoms with Crippen LogP contribution >= 0.6 is 0 Å². The minimum atomic E-state index is -2.85. The van der Waals surface area contributed by atoms with E-state index in [1.807, 2.05) is 6.07 Å². The summed E-state index contributed by atoms with van der Waals surface area (Å²) >= 11 is 0. The number of rotatable bonds is 4. The summed E-state index contributed by atoms with van der Waals surface area (Å²) in [4.78, 5) is 7.57. The number of halogens is 2. The van der Waals surface area contributed by atoms with E-state index in [9.17, 15) is 8.78 Å². The molecule has 0 bridgehead atoms. The molecule has 0 unspecified atom stereocenters. The van der Waals surface area contributed by atoms with Crippen LogP contribution in [-0.2, 0) is 0 Å². The van der Waals surface area contributed by atoms with Gasteiger partial charge in [0, 0.05) is 56.6 Å². The van der Waals surface area contributed by atoms with E-state index in [0.29, 0.717) is 6.04 Å². The summed E-state index contributed by atoms with van der Waals surface area (Å²) in [6.07, 6.45) is 4.91. The number of alkyl halides is 2. The highest BCUT2D eigenvalue weighted by atomic mass is 19.3. The van der Waals surface area contributed by atoms with Crippen molar-refractivity contribution >= 4 is 11.4 Å². The van der Waals surface area contributed by atoms with Crippen molar-refractivity contribution in [2.45, 2.75) is 44.4 Å². The molecule has 3 aliphatic heterocycles. The van der Waals surface area contributed by atoms with E-state index >= 15 is 0 Å². The number of piperazine rings is 1. The van der Waals surface area contributed by atoms with E-state index in [1.54, 1.807) is 12.1 Å². The van der Waals surface area contributed by atoms with Gasteiger partial charge in [0.15, 0.2) is 5.75 Å². The minimum Gasteiger partial charge on any atom is -0.433 e. The van der Waals surface area contributed by atoms with E-state index in [-0.39, 0.29) is 11.4 Å². The van der Waals surface area contributed by atoms with Gasteiger partial charge in [-0.3, -0.25) is 9.80 Å². The summed E-state index contributed by atoms with van der Waals surface area (Å²) in [7, 11) is 0. The second-order valence-corrected chi connectivity index (χ2v) is 7.65. The molecule has 1 atom stereocenters. The van der Waals surface area contributed by atoms with Gasteiger partial charge in [-0.1, -0.05) is 0 Å². The number of fused-ring (bicyclic) bond motifs is 1. The molecule has 7 heteroatoms.